The number of nitriles is 1. The first kappa shape index (κ1) is 13.9. The second-order valence-corrected chi connectivity index (χ2v) is 4.16. The molecule has 0 aliphatic carbocycles. The third kappa shape index (κ3) is 3.88. The van der Waals surface area contributed by atoms with Gasteiger partial charge in [-0.2, -0.15) is 5.26 Å². The lowest BCUT2D eigenvalue weighted by molar-refractivity contribution is -0.137. The lowest BCUT2D eigenvalue weighted by Crippen LogP contribution is -2.40. The van der Waals surface area contributed by atoms with E-state index in [1.165, 1.54) is 4.90 Å². The quantitative estimate of drug-likeness (QED) is 0.743. The molecule has 0 rings (SSSR count). The van der Waals surface area contributed by atoms with Crippen LogP contribution in [0.4, 0.5) is 0 Å². The van der Waals surface area contributed by atoms with Crippen LogP contribution in [0.15, 0.2) is 0 Å². The van der Waals surface area contributed by atoms with Crippen molar-refractivity contribution < 1.29 is 9.90 Å². The third-order valence-corrected chi connectivity index (χ3v) is 2.65. The van der Waals surface area contributed by atoms with E-state index in [0.29, 0.717) is 19.4 Å². The van der Waals surface area contributed by atoms with Gasteiger partial charge in [0, 0.05) is 13.6 Å². The van der Waals surface area contributed by atoms with E-state index in [1.807, 2.05) is 13.0 Å². The highest BCUT2D eigenvalue weighted by Crippen LogP contribution is 2.22. The number of rotatable bonds is 5. The van der Waals surface area contributed by atoms with Gasteiger partial charge in [0.2, 0.25) is 5.91 Å². The van der Waals surface area contributed by atoms with Crippen molar-refractivity contribution in [2.24, 2.45) is 5.41 Å². The fraction of sp³-hybridized carbons (Fsp3) is 0.818. The highest BCUT2D eigenvalue weighted by molar-refractivity contribution is 5.84. The van der Waals surface area contributed by atoms with Crippen LogP contribution in [0.5, 0.6) is 0 Å². The summed E-state index contributed by atoms with van der Waals surface area (Å²) in [5, 5.41) is 18.0. The molecule has 4 nitrogen and oxygen atoms in total. The Hall–Kier alpha value is -1.08. The first-order chi connectivity index (χ1) is 6.87. The molecule has 1 amide bonds. The van der Waals surface area contributed by atoms with E-state index in [-0.39, 0.29) is 5.91 Å². The molecule has 0 bridgehead atoms. The van der Waals surface area contributed by atoms with Crippen molar-refractivity contribution in [1.82, 2.24) is 4.90 Å². The average molecular weight is 212 g/mol. The number of amides is 1. The van der Waals surface area contributed by atoms with Crippen molar-refractivity contribution in [3.05, 3.63) is 0 Å². The summed E-state index contributed by atoms with van der Waals surface area (Å²) < 4.78 is 0. The van der Waals surface area contributed by atoms with Gasteiger partial charge >= 0.3 is 0 Å². The zero-order valence-corrected chi connectivity index (χ0v) is 9.95. The summed E-state index contributed by atoms with van der Waals surface area (Å²) in [6.45, 7) is 5.63. The van der Waals surface area contributed by atoms with E-state index in [2.05, 4.69) is 0 Å². The number of aliphatic hydroxyl groups excluding tert-OH is 1. The highest BCUT2D eigenvalue weighted by atomic mass is 16.3. The molecule has 0 aromatic rings. The molecule has 86 valence electrons. The van der Waals surface area contributed by atoms with Crippen molar-refractivity contribution in [2.75, 3.05) is 13.6 Å². The van der Waals surface area contributed by atoms with Crippen molar-refractivity contribution in [3.63, 3.8) is 0 Å². The minimum atomic E-state index is -0.937. The van der Waals surface area contributed by atoms with E-state index in [4.69, 9.17) is 10.4 Å². The van der Waals surface area contributed by atoms with Crippen molar-refractivity contribution in [3.8, 4) is 6.07 Å². The highest BCUT2D eigenvalue weighted by Gasteiger charge is 2.33. The first-order valence-electron chi connectivity index (χ1n) is 5.22. The van der Waals surface area contributed by atoms with E-state index in [0.717, 1.165) is 0 Å². The Labute approximate surface area is 91.5 Å². The summed E-state index contributed by atoms with van der Waals surface area (Å²) in [5.41, 5.74) is -0.937. The van der Waals surface area contributed by atoms with Gasteiger partial charge in [0.25, 0.3) is 0 Å². The fourth-order valence-electron chi connectivity index (χ4n) is 1.18. The van der Waals surface area contributed by atoms with E-state index in [1.54, 1.807) is 20.9 Å². The number of carbonyl (C=O) groups excluding carboxylic acids is 1. The lowest BCUT2D eigenvalue weighted by atomic mass is 9.88. The van der Waals surface area contributed by atoms with Crippen LogP contribution >= 0.6 is 0 Å². The lowest BCUT2D eigenvalue weighted by Gasteiger charge is -2.26. The zero-order chi connectivity index (χ0) is 12.1. The summed E-state index contributed by atoms with van der Waals surface area (Å²) in [6.07, 6.45) is 0.615. The van der Waals surface area contributed by atoms with Gasteiger partial charge in [0.05, 0.1) is 12.2 Å². The van der Waals surface area contributed by atoms with Crippen molar-refractivity contribution >= 4 is 5.91 Å². The number of aliphatic hydroxyl groups is 1. The third-order valence-electron chi connectivity index (χ3n) is 2.65. The molecule has 0 aliphatic heterocycles. The second-order valence-electron chi connectivity index (χ2n) is 4.16. The number of hydrogen-bond donors (Lipinski definition) is 1. The molecule has 0 aliphatic rings. The molecule has 0 radical (unpaired) electrons. The van der Waals surface area contributed by atoms with Crippen LogP contribution in [0.25, 0.3) is 0 Å². The van der Waals surface area contributed by atoms with Gasteiger partial charge < -0.3 is 10.0 Å². The normalized spacial score (nSPS) is 16.3. The maximum Gasteiger partial charge on any atom is 0.242 e. The molecule has 0 aromatic heterocycles. The summed E-state index contributed by atoms with van der Waals surface area (Å²) >= 11 is 0. The van der Waals surface area contributed by atoms with Crippen LogP contribution < -0.4 is 0 Å². The Bertz CT molecular complexity index is 258. The Morgan fingerprint density at radius 3 is 2.53 bits per heavy atom. The van der Waals surface area contributed by atoms with Gasteiger partial charge in [0.15, 0.2) is 0 Å². The molecule has 2 unspecified atom stereocenters. The SMILES string of the molecule is CCC(C)(C#N)C(=O)N(C)CCC(C)O. The molecule has 0 fully saturated rings. The largest absolute Gasteiger partial charge is 0.393 e. The molecule has 0 aromatic carbocycles. The van der Waals surface area contributed by atoms with Crippen LogP contribution in [0.3, 0.4) is 0 Å². The van der Waals surface area contributed by atoms with Crippen LogP contribution in [-0.4, -0.2) is 35.6 Å². The zero-order valence-electron chi connectivity index (χ0n) is 9.95. The van der Waals surface area contributed by atoms with Crippen LogP contribution in [0.2, 0.25) is 0 Å². The molecule has 4 heteroatoms. The summed E-state index contributed by atoms with van der Waals surface area (Å²) in [7, 11) is 1.66. The van der Waals surface area contributed by atoms with Gasteiger partial charge in [-0.1, -0.05) is 6.92 Å². The topological polar surface area (TPSA) is 64.3 Å². The molecular formula is C11H20N2O2. The minimum absolute atomic E-state index is 0.173. The molecule has 0 heterocycles. The van der Waals surface area contributed by atoms with E-state index in [9.17, 15) is 4.79 Å². The van der Waals surface area contributed by atoms with Gasteiger partial charge in [-0.05, 0) is 26.7 Å². The van der Waals surface area contributed by atoms with Gasteiger partial charge in [0.1, 0.15) is 5.41 Å². The predicted octanol–water partition coefficient (Wildman–Crippen LogP) is 1.16. The molecule has 0 spiro atoms. The Balaban J connectivity index is 4.38. The van der Waals surface area contributed by atoms with E-state index < -0.39 is 11.5 Å². The summed E-state index contributed by atoms with van der Waals surface area (Å²) in [6, 6.07) is 2.04. The molecule has 1 N–H and O–H groups in total. The Morgan fingerprint density at radius 1 is 1.67 bits per heavy atom. The number of nitrogens with zero attached hydrogens (tertiary/aromatic N) is 2. The molecule has 0 saturated carbocycles. The maximum absolute atomic E-state index is 11.9. The van der Waals surface area contributed by atoms with Crippen LogP contribution in [-0.2, 0) is 4.79 Å². The van der Waals surface area contributed by atoms with Gasteiger partial charge in [-0.15, -0.1) is 0 Å². The summed E-state index contributed by atoms with van der Waals surface area (Å²) in [5.74, 6) is -0.173. The molecular weight excluding hydrogens is 192 g/mol. The molecule has 15 heavy (non-hydrogen) atoms. The Morgan fingerprint density at radius 2 is 2.20 bits per heavy atom. The first-order valence-corrected chi connectivity index (χ1v) is 5.22. The number of hydrogen-bond acceptors (Lipinski definition) is 3. The Kier molecular flexibility index (Phi) is 5.31. The second kappa shape index (κ2) is 5.72. The standard InChI is InChI=1S/C11H20N2O2/c1-5-11(3,8-12)10(15)13(4)7-6-9(2)14/h9,14H,5-7H2,1-4H3. The maximum atomic E-state index is 11.9. The average Bonchev–Trinajstić information content (AvgIpc) is 2.23. The predicted molar refractivity (Wildman–Crippen MR) is 57.9 cm³/mol. The minimum Gasteiger partial charge on any atom is -0.393 e. The molecule has 2 atom stereocenters. The number of carbonyl (C=O) groups is 1. The van der Waals surface area contributed by atoms with Gasteiger partial charge in [-0.25, -0.2) is 0 Å². The van der Waals surface area contributed by atoms with Crippen molar-refractivity contribution in [2.45, 2.75) is 39.7 Å². The molecule has 0 saturated heterocycles. The van der Waals surface area contributed by atoms with E-state index >= 15 is 0 Å². The monoisotopic (exact) mass is 212 g/mol. The van der Waals surface area contributed by atoms with Crippen LogP contribution in [0.1, 0.15) is 33.6 Å². The van der Waals surface area contributed by atoms with Crippen molar-refractivity contribution in [1.29, 1.82) is 5.26 Å². The summed E-state index contributed by atoms with van der Waals surface area (Å²) in [4.78, 5) is 13.4. The fourth-order valence-corrected chi connectivity index (χ4v) is 1.18. The smallest absolute Gasteiger partial charge is 0.242 e. The van der Waals surface area contributed by atoms with Gasteiger partial charge in [-0.3, -0.25) is 4.79 Å². The van der Waals surface area contributed by atoms with Crippen LogP contribution in [0, 0.1) is 16.7 Å².